The van der Waals surface area contributed by atoms with Crippen molar-refractivity contribution in [2.24, 2.45) is 5.92 Å². The molecule has 2 aromatic heterocycles. The Bertz CT molecular complexity index is 776. The molecule has 3 heterocycles. The zero-order valence-corrected chi connectivity index (χ0v) is 13.0. The van der Waals surface area contributed by atoms with Crippen molar-refractivity contribution in [3.05, 3.63) is 24.0 Å². The second kappa shape index (κ2) is 5.33. The fourth-order valence-electron chi connectivity index (χ4n) is 3.29. The van der Waals surface area contributed by atoms with E-state index in [1.165, 1.54) is 0 Å². The van der Waals surface area contributed by atoms with Crippen LogP contribution in [0.4, 0.5) is 5.82 Å². The molecule has 4 rings (SSSR count). The molecule has 0 spiro atoms. The molecule has 120 valence electrons. The average molecular weight is 313 g/mol. The van der Waals surface area contributed by atoms with Gasteiger partial charge in [-0.05, 0) is 25.5 Å². The Hall–Kier alpha value is -2.44. The van der Waals surface area contributed by atoms with Crippen LogP contribution in [-0.4, -0.2) is 50.3 Å². The lowest BCUT2D eigenvalue weighted by Gasteiger charge is -2.28. The van der Waals surface area contributed by atoms with Crippen molar-refractivity contribution in [3.8, 4) is 0 Å². The Labute approximate surface area is 133 Å². The maximum absolute atomic E-state index is 12.3. The minimum atomic E-state index is -0.0790. The molecule has 23 heavy (non-hydrogen) atoms. The molecule has 2 aliphatic rings. The molecule has 2 fully saturated rings. The summed E-state index contributed by atoms with van der Waals surface area (Å²) in [4.78, 5) is 29.5. The van der Waals surface area contributed by atoms with Gasteiger partial charge in [0.25, 0.3) is 0 Å². The number of likely N-dealkylation sites (tertiary alicyclic amines) is 1. The molecular formula is C16H19N5O2. The van der Waals surface area contributed by atoms with Crippen molar-refractivity contribution in [1.29, 1.82) is 0 Å². The van der Waals surface area contributed by atoms with Crippen molar-refractivity contribution in [2.45, 2.75) is 32.2 Å². The second-order valence-electron chi connectivity index (χ2n) is 6.46. The van der Waals surface area contributed by atoms with Gasteiger partial charge in [-0.25, -0.2) is 9.50 Å². The molecule has 7 nitrogen and oxygen atoms in total. The van der Waals surface area contributed by atoms with Crippen LogP contribution in [0.3, 0.4) is 0 Å². The van der Waals surface area contributed by atoms with E-state index in [0.29, 0.717) is 19.4 Å². The van der Waals surface area contributed by atoms with Crippen molar-refractivity contribution in [2.75, 3.05) is 18.4 Å². The van der Waals surface area contributed by atoms with E-state index in [0.717, 1.165) is 30.1 Å². The first-order valence-corrected chi connectivity index (χ1v) is 7.98. The number of Topliss-reactive ketones (excluding diaryl/α,β-unsaturated/α-hetero) is 1. The predicted octanol–water partition coefficient (Wildman–Crippen LogP) is 1.03. The standard InChI is InChI=1S/C16H19N5O2/c1-10-8-21-15(17-10)3-2-14(19-21)18-12-4-5-20(9-12)16(23)11-6-13(22)7-11/h2-3,8,11-12H,4-7,9H2,1H3,(H,18,19)/t12-/m0/s1. The van der Waals surface area contributed by atoms with E-state index >= 15 is 0 Å². The minimum absolute atomic E-state index is 0.0790. The van der Waals surface area contributed by atoms with Crippen molar-refractivity contribution >= 4 is 23.2 Å². The molecule has 1 saturated heterocycles. The van der Waals surface area contributed by atoms with Crippen LogP contribution in [0.25, 0.3) is 5.65 Å². The Morgan fingerprint density at radius 3 is 2.96 bits per heavy atom. The lowest BCUT2D eigenvalue weighted by atomic mass is 9.83. The van der Waals surface area contributed by atoms with Gasteiger partial charge >= 0.3 is 0 Å². The van der Waals surface area contributed by atoms with E-state index in [-0.39, 0.29) is 23.7 Å². The molecule has 1 N–H and O–H groups in total. The van der Waals surface area contributed by atoms with Crippen molar-refractivity contribution in [3.63, 3.8) is 0 Å². The van der Waals surface area contributed by atoms with E-state index in [2.05, 4.69) is 15.4 Å². The van der Waals surface area contributed by atoms with Crippen molar-refractivity contribution in [1.82, 2.24) is 19.5 Å². The number of imidazole rings is 1. The fraction of sp³-hybridized carbons (Fsp3) is 0.500. The number of ketones is 1. The molecule has 7 heteroatoms. The van der Waals surface area contributed by atoms with Gasteiger partial charge in [-0.3, -0.25) is 9.59 Å². The summed E-state index contributed by atoms with van der Waals surface area (Å²) in [6, 6.07) is 4.04. The Kier molecular flexibility index (Phi) is 3.28. The number of rotatable bonds is 3. The number of fused-ring (bicyclic) bond motifs is 1. The summed E-state index contributed by atoms with van der Waals surface area (Å²) in [5, 5.41) is 7.89. The van der Waals surface area contributed by atoms with Gasteiger partial charge in [0.05, 0.1) is 17.8 Å². The van der Waals surface area contributed by atoms with Crippen LogP contribution in [0, 0.1) is 12.8 Å². The number of amides is 1. The predicted molar refractivity (Wildman–Crippen MR) is 84.1 cm³/mol. The molecule has 1 amide bonds. The summed E-state index contributed by atoms with van der Waals surface area (Å²) in [6.07, 6.45) is 3.63. The van der Waals surface area contributed by atoms with Crippen LogP contribution in [-0.2, 0) is 9.59 Å². The van der Waals surface area contributed by atoms with Gasteiger partial charge in [0.2, 0.25) is 5.91 Å². The molecule has 0 aromatic carbocycles. The zero-order chi connectivity index (χ0) is 16.0. The van der Waals surface area contributed by atoms with Gasteiger partial charge in [-0.15, -0.1) is 5.10 Å². The van der Waals surface area contributed by atoms with Gasteiger partial charge in [0, 0.05) is 32.0 Å². The van der Waals surface area contributed by atoms with Gasteiger partial charge in [0.1, 0.15) is 11.6 Å². The summed E-state index contributed by atoms with van der Waals surface area (Å²) < 4.78 is 1.76. The molecule has 0 radical (unpaired) electrons. The zero-order valence-electron chi connectivity index (χ0n) is 13.0. The van der Waals surface area contributed by atoms with Crippen molar-refractivity contribution < 1.29 is 9.59 Å². The van der Waals surface area contributed by atoms with Crippen LogP contribution in [0.1, 0.15) is 25.0 Å². The van der Waals surface area contributed by atoms with Crippen LogP contribution < -0.4 is 5.32 Å². The van der Waals surface area contributed by atoms with Gasteiger partial charge in [0.15, 0.2) is 5.65 Å². The van der Waals surface area contributed by atoms with E-state index in [4.69, 9.17) is 0 Å². The average Bonchev–Trinajstić information content (AvgIpc) is 3.08. The third kappa shape index (κ3) is 2.67. The third-order valence-corrected chi connectivity index (χ3v) is 4.59. The summed E-state index contributed by atoms with van der Waals surface area (Å²) in [6.45, 7) is 3.35. The number of nitrogens with zero attached hydrogens (tertiary/aromatic N) is 4. The molecule has 1 saturated carbocycles. The third-order valence-electron chi connectivity index (χ3n) is 4.59. The maximum atomic E-state index is 12.3. The van der Waals surface area contributed by atoms with E-state index < -0.39 is 0 Å². The summed E-state index contributed by atoms with van der Waals surface area (Å²) in [5.74, 6) is 1.03. The monoisotopic (exact) mass is 313 g/mol. The second-order valence-corrected chi connectivity index (χ2v) is 6.46. The molecular weight excluding hydrogens is 294 g/mol. The number of aryl methyl sites for hydroxylation is 1. The fourth-order valence-corrected chi connectivity index (χ4v) is 3.29. The van der Waals surface area contributed by atoms with Crippen LogP contribution >= 0.6 is 0 Å². The van der Waals surface area contributed by atoms with Crippen LogP contribution in [0.5, 0.6) is 0 Å². The Morgan fingerprint density at radius 1 is 1.35 bits per heavy atom. The van der Waals surface area contributed by atoms with Crippen LogP contribution in [0.15, 0.2) is 18.3 Å². The van der Waals surface area contributed by atoms with Gasteiger partial charge in [-0.2, -0.15) is 0 Å². The number of hydrogen-bond acceptors (Lipinski definition) is 5. The number of carbonyl (C=O) groups excluding carboxylic acids is 2. The number of aromatic nitrogens is 3. The molecule has 1 atom stereocenters. The van der Waals surface area contributed by atoms with E-state index in [1.54, 1.807) is 4.52 Å². The smallest absolute Gasteiger partial charge is 0.226 e. The largest absolute Gasteiger partial charge is 0.364 e. The number of carbonyl (C=O) groups is 2. The maximum Gasteiger partial charge on any atom is 0.226 e. The number of hydrogen-bond donors (Lipinski definition) is 1. The first-order valence-electron chi connectivity index (χ1n) is 7.98. The highest BCUT2D eigenvalue weighted by Gasteiger charge is 2.37. The Balaban J connectivity index is 1.39. The summed E-state index contributed by atoms with van der Waals surface area (Å²) >= 11 is 0. The number of anilines is 1. The van der Waals surface area contributed by atoms with Gasteiger partial charge in [-0.1, -0.05) is 0 Å². The molecule has 2 aromatic rings. The Morgan fingerprint density at radius 2 is 2.17 bits per heavy atom. The minimum Gasteiger partial charge on any atom is -0.364 e. The van der Waals surface area contributed by atoms with Crippen LogP contribution in [0.2, 0.25) is 0 Å². The first-order chi connectivity index (χ1) is 11.1. The quantitative estimate of drug-likeness (QED) is 0.915. The summed E-state index contributed by atoms with van der Waals surface area (Å²) in [7, 11) is 0. The molecule has 1 aliphatic carbocycles. The lowest BCUT2D eigenvalue weighted by molar-refractivity contribution is -0.144. The normalized spacial score (nSPS) is 21.7. The molecule has 0 bridgehead atoms. The highest BCUT2D eigenvalue weighted by atomic mass is 16.2. The van der Waals surface area contributed by atoms with Gasteiger partial charge < -0.3 is 10.2 Å². The molecule has 0 unspecified atom stereocenters. The SMILES string of the molecule is Cc1cn2nc(N[C@H]3CCN(C(=O)C4CC(=O)C4)C3)ccc2n1. The van der Waals surface area contributed by atoms with E-state index in [1.807, 2.05) is 30.2 Å². The first kappa shape index (κ1) is 14.2. The topological polar surface area (TPSA) is 79.6 Å². The molecule has 1 aliphatic heterocycles. The highest BCUT2D eigenvalue weighted by Crippen LogP contribution is 2.27. The lowest BCUT2D eigenvalue weighted by Crippen LogP contribution is -2.41. The number of nitrogens with one attached hydrogen (secondary N) is 1. The summed E-state index contributed by atoms with van der Waals surface area (Å²) in [5.41, 5.74) is 1.76. The highest BCUT2D eigenvalue weighted by molar-refractivity contribution is 5.96. The van der Waals surface area contributed by atoms with E-state index in [9.17, 15) is 9.59 Å².